The Hall–Kier alpha value is -4.57. The summed E-state index contributed by atoms with van der Waals surface area (Å²) in [6.07, 6.45) is 4.97. The van der Waals surface area contributed by atoms with Gasteiger partial charge in [-0.25, -0.2) is 14.6 Å². The Morgan fingerprint density at radius 1 is 1.12 bits per heavy atom. The Morgan fingerprint density at radius 2 is 1.94 bits per heavy atom. The van der Waals surface area contributed by atoms with Crippen LogP contribution in [0.5, 0.6) is 0 Å². The molecule has 0 radical (unpaired) electrons. The van der Waals surface area contributed by atoms with Gasteiger partial charge in [0.2, 0.25) is 5.95 Å². The summed E-state index contributed by atoms with van der Waals surface area (Å²) < 4.78 is 3.29. The molecule has 3 heterocycles. The average Bonchev–Trinajstić information content (AvgIpc) is 3.47. The number of fused-ring (bicyclic) bond motifs is 3. The van der Waals surface area contributed by atoms with Gasteiger partial charge in [-0.15, -0.1) is 5.10 Å². The zero-order valence-corrected chi connectivity index (χ0v) is 17.3. The van der Waals surface area contributed by atoms with Crippen molar-refractivity contribution in [2.24, 2.45) is 0 Å². The molecule has 32 heavy (non-hydrogen) atoms. The fourth-order valence-electron chi connectivity index (χ4n) is 3.99. The lowest BCUT2D eigenvalue weighted by Gasteiger charge is -2.21. The molecule has 3 aromatic heterocycles. The van der Waals surface area contributed by atoms with Crippen molar-refractivity contribution < 1.29 is 0 Å². The number of benzene rings is 1. The highest BCUT2D eigenvalue weighted by Crippen LogP contribution is 2.37. The van der Waals surface area contributed by atoms with Crippen LogP contribution in [0, 0.1) is 22.7 Å². The molecular formula is C22H18N10. The molecule has 0 saturated carbocycles. The summed E-state index contributed by atoms with van der Waals surface area (Å²) in [5, 5.41) is 31.4. The third-order valence-corrected chi connectivity index (χ3v) is 5.55. The molecule has 1 unspecified atom stereocenters. The first kappa shape index (κ1) is 19.4. The van der Waals surface area contributed by atoms with E-state index in [9.17, 15) is 5.26 Å². The van der Waals surface area contributed by atoms with Crippen LogP contribution >= 0.6 is 0 Å². The predicted molar refractivity (Wildman–Crippen MR) is 115 cm³/mol. The van der Waals surface area contributed by atoms with Crippen LogP contribution in [0.15, 0.2) is 36.7 Å². The molecule has 10 nitrogen and oxygen atoms in total. The lowest BCUT2D eigenvalue weighted by atomic mass is 9.85. The lowest BCUT2D eigenvalue weighted by molar-refractivity contribution is 0.566. The molecule has 0 saturated heterocycles. The summed E-state index contributed by atoms with van der Waals surface area (Å²) in [5.41, 5.74) is 12.3. The SMILES string of the molecule is CC(C#N)n1ccc(Cn2cc(-c3nc(N)nc4c3CCc3c(C#N)cccc3-4)nn2)n1. The molecule has 0 spiro atoms. The number of hydrogen-bond donors (Lipinski definition) is 1. The van der Waals surface area contributed by atoms with Gasteiger partial charge in [0.05, 0.1) is 41.8 Å². The van der Waals surface area contributed by atoms with Crippen molar-refractivity contribution in [3.63, 3.8) is 0 Å². The molecule has 1 aliphatic rings. The fourth-order valence-corrected chi connectivity index (χ4v) is 3.99. The van der Waals surface area contributed by atoms with Gasteiger partial charge in [-0.05, 0) is 37.5 Å². The molecule has 156 valence electrons. The van der Waals surface area contributed by atoms with E-state index < -0.39 is 0 Å². The molecule has 2 N–H and O–H groups in total. The van der Waals surface area contributed by atoms with Crippen LogP contribution in [0.2, 0.25) is 0 Å². The number of hydrogen-bond acceptors (Lipinski definition) is 8. The lowest BCUT2D eigenvalue weighted by Crippen LogP contribution is -2.12. The molecule has 0 amide bonds. The first-order chi connectivity index (χ1) is 15.6. The Balaban J connectivity index is 1.50. The third kappa shape index (κ3) is 3.24. The summed E-state index contributed by atoms with van der Waals surface area (Å²) >= 11 is 0. The standard InChI is InChI=1S/C22H18N10/c1-13(9-23)32-8-7-15(29-32)11-31-12-19(28-30-31)21-18-6-5-16-14(10-24)3-2-4-17(16)20(18)26-22(25)27-21/h2-4,7-8,12-13H,5-6,11H2,1H3,(H2,25,26,27). The van der Waals surface area contributed by atoms with Crippen molar-refractivity contribution in [3.8, 4) is 34.8 Å². The number of nitrogen functional groups attached to an aromatic ring is 1. The topological polar surface area (TPSA) is 148 Å². The fraction of sp³-hybridized carbons (Fsp3) is 0.227. The first-order valence-corrected chi connectivity index (χ1v) is 10.1. The summed E-state index contributed by atoms with van der Waals surface area (Å²) in [6, 6.07) is 11.6. The number of rotatable bonds is 4. The van der Waals surface area contributed by atoms with Gasteiger partial charge >= 0.3 is 0 Å². The predicted octanol–water partition coefficient (Wildman–Crippen LogP) is 2.28. The minimum absolute atomic E-state index is 0.146. The maximum absolute atomic E-state index is 9.45. The van der Waals surface area contributed by atoms with Crippen molar-refractivity contribution in [1.29, 1.82) is 10.5 Å². The number of nitriles is 2. The van der Waals surface area contributed by atoms with E-state index in [2.05, 4.69) is 37.5 Å². The molecule has 1 atom stereocenters. The van der Waals surface area contributed by atoms with Crippen molar-refractivity contribution in [2.75, 3.05) is 5.73 Å². The first-order valence-electron chi connectivity index (χ1n) is 10.1. The van der Waals surface area contributed by atoms with E-state index in [4.69, 9.17) is 11.0 Å². The molecule has 4 aromatic rings. The second-order valence-electron chi connectivity index (χ2n) is 7.59. The molecule has 0 fully saturated rings. The van der Waals surface area contributed by atoms with E-state index in [-0.39, 0.29) is 12.0 Å². The summed E-state index contributed by atoms with van der Waals surface area (Å²) in [6.45, 7) is 2.19. The smallest absolute Gasteiger partial charge is 0.221 e. The van der Waals surface area contributed by atoms with Crippen LogP contribution in [-0.2, 0) is 19.4 Å². The molecule has 0 aliphatic heterocycles. The maximum Gasteiger partial charge on any atom is 0.221 e. The summed E-state index contributed by atoms with van der Waals surface area (Å²) in [4.78, 5) is 8.94. The molecular weight excluding hydrogens is 404 g/mol. The quantitative estimate of drug-likeness (QED) is 0.526. The van der Waals surface area contributed by atoms with E-state index >= 15 is 0 Å². The van der Waals surface area contributed by atoms with Crippen LogP contribution in [-0.4, -0.2) is 34.7 Å². The van der Waals surface area contributed by atoms with Crippen LogP contribution < -0.4 is 5.73 Å². The van der Waals surface area contributed by atoms with Crippen molar-refractivity contribution in [1.82, 2.24) is 34.7 Å². The Labute approximate surface area is 183 Å². The Kier molecular flexibility index (Phi) is 4.61. The van der Waals surface area contributed by atoms with Crippen molar-refractivity contribution in [2.45, 2.75) is 32.4 Å². The number of anilines is 1. The zero-order valence-electron chi connectivity index (χ0n) is 17.3. The third-order valence-electron chi connectivity index (χ3n) is 5.55. The van der Waals surface area contributed by atoms with Gasteiger partial charge in [-0.1, -0.05) is 17.3 Å². The normalized spacial score (nSPS) is 13.0. The minimum atomic E-state index is -0.338. The van der Waals surface area contributed by atoms with Gasteiger partial charge in [0, 0.05) is 17.3 Å². The minimum Gasteiger partial charge on any atom is -0.368 e. The van der Waals surface area contributed by atoms with E-state index in [1.165, 1.54) is 0 Å². The largest absolute Gasteiger partial charge is 0.368 e. The second-order valence-corrected chi connectivity index (χ2v) is 7.59. The van der Waals surface area contributed by atoms with E-state index in [1.807, 2.05) is 24.3 Å². The molecule has 5 rings (SSSR count). The van der Waals surface area contributed by atoms with Crippen LogP contribution in [0.25, 0.3) is 22.6 Å². The number of aromatic nitrogens is 7. The van der Waals surface area contributed by atoms with Crippen LogP contribution in [0.4, 0.5) is 5.95 Å². The van der Waals surface area contributed by atoms with Crippen LogP contribution in [0.1, 0.15) is 35.3 Å². The van der Waals surface area contributed by atoms with Gasteiger partial charge in [0.25, 0.3) is 0 Å². The second kappa shape index (κ2) is 7.60. The summed E-state index contributed by atoms with van der Waals surface area (Å²) in [7, 11) is 0. The molecule has 1 aliphatic carbocycles. The van der Waals surface area contributed by atoms with Gasteiger partial charge in [0.1, 0.15) is 17.4 Å². The molecule has 0 bridgehead atoms. The monoisotopic (exact) mass is 422 g/mol. The van der Waals surface area contributed by atoms with E-state index in [1.54, 1.807) is 28.7 Å². The highest BCUT2D eigenvalue weighted by atomic mass is 15.4. The maximum atomic E-state index is 9.45. The van der Waals surface area contributed by atoms with E-state index in [0.717, 1.165) is 34.5 Å². The zero-order chi connectivity index (χ0) is 22.2. The van der Waals surface area contributed by atoms with Crippen molar-refractivity contribution in [3.05, 3.63) is 59.0 Å². The van der Waals surface area contributed by atoms with Crippen LogP contribution in [0.3, 0.4) is 0 Å². The van der Waals surface area contributed by atoms with E-state index in [0.29, 0.717) is 29.9 Å². The van der Waals surface area contributed by atoms with Gasteiger partial charge in [-0.2, -0.15) is 15.6 Å². The highest BCUT2D eigenvalue weighted by Gasteiger charge is 2.25. The summed E-state index contributed by atoms with van der Waals surface area (Å²) in [5.74, 6) is 0.146. The van der Waals surface area contributed by atoms with Gasteiger partial charge in [0.15, 0.2) is 0 Å². The number of nitrogens with zero attached hydrogens (tertiary/aromatic N) is 9. The molecule has 1 aromatic carbocycles. The average molecular weight is 422 g/mol. The van der Waals surface area contributed by atoms with Gasteiger partial charge < -0.3 is 5.73 Å². The number of nitrogens with two attached hydrogens (primary N) is 1. The Bertz CT molecular complexity index is 1420. The van der Waals surface area contributed by atoms with Gasteiger partial charge in [-0.3, -0.25) is 4.68 Å². The highest BCUT2D eigenvalue weighted by molar-refractivity contribution is 5.78. The van der Waals surface area contributed by atoms with Crippen molar-refractivity contribution >= 4 is 5.95 Å². The molecule has 10 heteroatoms. The Morgan fingerprint density at radius 3 is 2.75 bits per heavy atom.